The Labute approximate surface area is 134 Å². The largest absolute Gasteiger partial charge is 0.354 e. The van der Waals surface area contributed by atoms with E-state index in [1.165, 1.54) is 44.3 Å². The van der Waals surface area contributed by atoms with Gasteiger partial charge in [0.1, 0.15) is 0 Å². The Bertz CT molecular complexity index is 473. The lowest BCUT2D eigenvalue weighted by atomic mass is 10.1. The number of guanidine groups is 1. The molecule has 2 saturated heterocycles. The molecule has 2 heterocycles. The fourth-order valence-electron chi connectivity index (χ4n) is 3.64. The molecular weight excluding hydrogens is 272 g/mol. The molecule has 2 aliphatic rings. The quantitative estimate of drug-likeness (QED) is 0.684. The first-order valence-electron chi connectivity index (χ1n) is 8.63. The molecule has 0 saturated carbocycles. The highest BCUT2D eigenvalue weighted by molar-refractivity contribution is 5.80. The minimum atomic E-state index is 0.447. The second-order valence-electron chi connectivity index (χ2n) is 6.29. The summed E-state index contributed by atoms with van der Waals surface area (Å²) in [7, 11) is 1.90. The van der Waals surface area contributed by atoms with Crippen LogP contribution in [0, 0.1) is 0 Å². The van der Waals surface area contributed by atoms with E-state index in [1.807, 2.05) is 7.05 Å². The van der Waals surface area contributed by atoms with Crippen LogP contribution in [-0.2, 0) is 0 Å². The van der Waals surface area contributed by atoms with Gasteiger partial charge in [-0.25, -0.2) is 0 Å². The van der Waals surface area contributed by atoms with Crippen LogP contribution in [0.1, 0.15) is 37.3 Å². The van der Waals surface area contributed by atoms with Crippen LogP contribution in [-0.4, -0.2) is 55.5 Å². The first kappa shape index (κ1) is 15.3. The van der Waals surface area contributed by atoms with E-state index in [9.17, 15) is 0 Å². The molecule has 4 nitrogen and oxygen atoms in total. The third-order valence-electron chi connectivity index (χ3n) is 4.84. The molecule has 2 aliphatic heterocycles. The average molecular weight is 300 g/mol. The van der Waals surface area contributed by atoms with Gasteiger partial charge in [0.2, 0.25) is 0 Å². The molecule has 4 heteroatoms. The van der Waals surface area contributed by atoms with Crippen molar-refractivity contribution in [2.75, 3.05) is 39.8 Å². The maximum atomic E-state index is 4.48. The Morgan fingerprint density at radius 3 is 2.32 bits per heavy atom. The highest BCUT2D eigenvalue weighted by Crippen LogP contribution is 2.24. The zero-order chi connectivity index (χ0) is 15.2. The molecule has 120 valence electrons. The molecule has 0 radical (unpaired) electrons. The first-order chi connectivity index (χ1) is 10.9. The Hall–Kier alpha value is -1.55. The Morgan fingerprint density at radius 1 is 1.05 bits per heavy atom. The number of likely N-dealkylation sites (tertiary alicyclic amines) is 2. The lowest BCUT2D eigenvalue weighted by Crippen LogP contribution is -2.43. The van der Waals surface area contributed by atoms with Gasteiger partial charge < -0.3 is 10.2 Å². The topological polar surface area (TPSA) is 30.9 Å². The number of hydrogen-bond donors (Lipinski definition) is 1. The van der Waals surface area contributed by atoms with Crippen molar-refractivity contribution >= 4 is 5.96 Å². The van der Waals surface area contributed by atoms with Crippen molar-refractivity contribution in [1.29, 1.82) is 0 Å². The number of rotatable bonds is 4. The van der Waals surface area contributed by atoms with Gasteiger partial charge >= 0.3 is 0 Å². The van der Waals surface area contributed by atoms with Crippen molar-refractivity contribution in [3.63, 3.8) is 0 Å². The molecule has 1 aromatic carbocycles. The fourth-order valence-corrected chi connectivity index (χ4v) is 3.64. The van der Waals surface area contributed by atoms with Gasteiger partial charge in [-0.2, -0.15) is 0 Å². The van der Waals surface area contributed by atoms with Crippen LogP contribution in [0.25, 0.3) is 0 Å². The third kappa shape index (κ3) is 3.61. The Morgan fingerprint density at radius 2 is 1.68 bits per heavy atom. The lowest BCUT2D eigenvalue weighted by molar-refractivity contribution is 0.244. The summed E-state index contributed by atoms with van der Waals surface area (Å²) in [4.78, 5) is 9.47. The van der Waals surface area contributed by atoms with Crippen molar-refractivity contribution in [1.82, 2.24) is 15.1 Å². The van der Waals surface area contributed by atoms with Crippen LogP contribution in [0.5, 0.6) is 0 Å². The molecule has 0 aliphatic carbocycles. The molecule has 1 atom stereocenters. The predicted molar refractivity (Wildman–Crippen MR) is 92.2 cm³/mol. The van der Waals surface area contributed by atoms with Crippen molar-refractivity contribution < 1.29 is 0 Å². The number of nitrogens with zero attached hydrogens (tertiary/aromatic N) is 3. The number of benzene rings is 1. The summed E-state index contributed by atoms with van der Waals surface area (Å²) in [6.45, 7) is 5.64. The molecule has 2 fully saturated rings. The lowest BCUT2D eigenvalue weighted by Gasteiger charge is -2.30. The van der Waals surface area contributed by atoms with Crippen LogP contribution < -0.4 is 5.32 Å². The smallest absolute Gasteiger partial charge is 0.193 e. The zero-order valence-corrected chi connectivity index (χ0v) is 13.7. The van der Waals surface area contributed by atoms with Crippen LogP contribution in [0.2, 0.25) is 0 Å². The molecule has 0 spiro atoms. The van der Waals surface area contributed by atoms with Crippen LogP contribution in [0.3, 0.4) is 0 Å². The summed E-state index contributed by atoms with van der Waals surface area (Å²) in [5, 5.41) is 3.62. The summed E-state index contributed by atoms with van der Waals surface area (Å²) >= 11 is 0. The molecule has 1 unspecified atom stereocenters. The van der Waals surface area contributed by atoms with E-state index in [-0.39, 0.29) is 0 Å². The monoisotopic (exact) mass is 300 g/mol. The average Bonchev–Trinajstić information content (AvgIpc) is 3.26. The zero-order valence-electron chi connectivity index (χ0n) is 13.7. The highest BCUT2D eigenvalue weighted by Gasteiger charge is 2.24. The minimum absolute atomic E-state index is 0.447. The van der Waals surface area contributed by atoms with E-state index in [0.717, 1.165) is 25.6 Å². The summed E-state index contributed by atoms with van der Waals surface area (Å²) < 4.78 is 0. The van der Waals surface area contributed by atoms with Crippen LogP contribution in [0.15, 0.2) is 35.3 Å². The molecule has 0 amide bonds. The van der Waals surface area contributed by atoms with Crippen molar-refractivity contribution in [2.24, 2.45) is 4.99 Å². The molecule has 1 aromatic rings. The molecule has 0 aromatic heterocycles. The maximum absolute atomic E-state index is 4.48. The number of hydrogen-bond acceptors (Lipinski definition) is 2. The van der Waals surface area contributed by atoms with Gasteiger partial charge in [-0.3, -0.25) is 9.89 Å². The summed E-state index contributed by atoms with van der Waals surface area (Å²) in [5.74, 6) is 1.07. The van der Waals surface area contributed by atoms with E-state index < -0.39 is 0 Å². The number of aliphatic imine (C=N–C) groups is 1. The standard InChI is InChI=1S/C18H28N4/c1-19-18(22-13-7-8-14-22)20-15-17(21-11-5-6-12-21)16-9-3-2-4-10-16/h2-4,9-10,17H,5-8,11-15H2,1H3,(H,19,20). The Kier molecular flexibility index (Phi) is 5.33. The normalized spacial score (nSPS) is 21.3. The SMILES string of the molecule is CN=C(NCC(c1ccccc1)N1CCCC1)N1CCCC1. The summed E-state index contributed by atoms with van der Waals surface area (Å²) in [6, 6.07) is 11.3. The van der Waals surface area contributed by atoms with Crippen molar-refractivity contribution in [3.8, 4) is 0 Å². The van der Waals surface area contributed by atoms with Gasteiger partial charge in [0.15, 0.2) is 5.96 Å². The van der Waals surface area contributed by atoms with Gasteiger partial charge in [0.05, 0.1) is 6.04 Å². The first-order valence-corrected chi connectivity index (χ1v) is 8.63. The second kappa shape index (κ2) is 7.63. The number of nitrogens with one attached hydrogen (secondary N) is 1. The minimum Gasteiger partial charge on any atom is -0.354 e. The van der Waals surface area contributed by atoms with Gasteiger partial charge in [0, 0.05) is 26.7 Å². The molecule has 0 bridgehead atoms. The van der Waals surface area contributed by atoms with Crippen LogP contribution >= 0.6 is 0 Å². The third-order valence-corrected chi connectivity index (χ3v) is 4.84. The van der Waals surface area contributed by atoms with E-state index in [4.69, 9.17) is 0 Å². The molecule has 22 heavy (non-hydrogen) atoms. The van der Waals surface area contributed by atoms with E-state index in [0.29, 0.717) is 6.04 Å². The van der Waals surface area contributed by atoms with Gasteiger partial charge in [-0.15, -0.1) is 0 Å². The molecule has 1 N–H and O–H groups in total. The van der Waals surface area contributed by atoms with Gasteiger partial charge in [-0.1, -0.05) is 30.3 Å². The Balaban J connectivity index is 1.67. The van der Waals surface area contributed by atoms with E-state index >= 15 is 0 Å². The molecular formula is C18H28N4. The predicted octanol–water partition coefficient (Wildman–Crippen LogP) is 2.49. The highest BCUT2D eigenvalue weighted by atomic mass is 15.3. The second-order valence-corrected chi connectivity index (χ2v) is 6.29. The van der Waals surface area contributed by atoms with E-state index in [2.05, 4.69) is 50.4 Å². The fraction of sp³-hybridized carbons (Fsp3) is 0.611. The van der Waals surface area contributed by atoms with E-state index in [1.54, 1.807) is 0 Å². The summed E-state index contributed by atoms with van der Waals surface area (Å²) in [5.41, 5.74) is 1.41. The molecule has 3 rings (SSSR count). The van der Waals surface area contributed by atoms with Crippen LogP contribution in [0.4, 0.5) is 0 Å². The van der Waals surface area contributed by atoms with Gasteiger partial charge in [0.25, 0.3) is 0 Å². The van der Waals surface area contributed by atoms with Gasteiger partial charge in [-0.05, 0) is 44.3 Å². The van der Waals surface area contributed by atoms with Crippen molar-refractivity contribution in [2.45, 2.75) is 31.7 Å². The maximum Gasteiger partial charge on any atom is 0.193 e. The summed E-state index contributed by atoms with van der Waals surface area (Å²) in [6.07, 6.45) is 5.22. The van der Waals surface area contributed by atoms with Crippen molar-refractivity contribution in [3.05, 3.63) is 35.9 Å².